The van der Waals surface area contributed by atoms with Crippen molar-refractivity contribution in [3.63, 3.8) is 0 Å². The number of alkyl carbamates (subject to hydrolysis) is 1. The highest BCUT2D eigenvalue weighted by Crippen LogP contribution is 2.19. The first kappa shape index (κ1) is 21.3. The lowest BCUT2D eigenvalue weighted by Gasteiger charge is -2.18. The van der Waals surface area contributed by atoms with Gasteiger partial charge in [0.1, 0.15) is 6.29 Å². The zero-order chi connectivity index (χ0) is 19.4. The smallest absolute Gasteiger partial charge is 0.407 e. The number of ether oxygens (including phenoxy) is 2. The summed E-state index contributed by atoms with van der Waals surface area (Å²) in [5.41, 5.74) is 1.02. The minimum Gasteiger partial charge on any atom is -0.466 e. The number of rotatable bonds is 11. The van der Waals surface area contributed by atoms with Gasteiger partial charge in [0.25, 0.3) is 0 Å². The summed E-state index contributed by atoms with van der Waals surface area (Å²) in [4.78, 5) is 45.9. The number of aldehydes is 1. The lowest BCUT2D eigenvalue weighted by Crippen LogP contribution is -2.31. The molecular formula is C19H25NO6. The highest BCUT2D eigenvalue weighted by molar-refractivity contribution is 6.02. The monoisotopic (exact) mass is 363 g/mol. The lowest BCUT2D eigenvalue weighted by atomic mass is 10.0. The molecule has 1 N–H and O–H groups in total. The maximum Gasteiger partial charge on any atom is 0.407 e. The van der Waals surface area contributed by atoms with E-state index >= 15 is 0 Å². The number of hydrogen-bond donors (Lipinski definition) is 1. The third-order valence-corrected chi connectivity index (χ3v) is 3.60. The fourth-order valence-corrected chi connectivity index (χ4v) is 2.23. The fourth-order valence-electron chi connectivity index (χ4n) is 2.23. The predicted molar refractivity (Wildman–Crippen MR) is 94.8 cm³/mol. The third kappa shape index (κ3) is 7.46. The van der Waals surface area contributed by atoms with Crippen LogP contribution in [0.4, 0.5) is 4.79 Å². The quantitative estimate of drug-likeness (QED) is 0.213. The second-order valence-corrected chi connectivity index (χ2v) is 5.61. The Morgan fingerprint density at radius 3 is 2.38 bits per heavy atom. The lowest BCUT2D eigenvalue weighted by molar-refractivity contribution is -0.143. The van der Waals surface area contributed by atoms with Crippen molar-refractivity contribution < 1.29 is 28.7 Å². The van der Waals surface area contributed by atoms with Gasteiger partial charge in [-0.3, -0.25) is 9.59 Å². The molecule has 1 aromatic rings. The molecule has 0 aliphatic carbocycles. The van der Waals surface area contributed by atoms with Crippen molar-refractivity contribution >= 4 is 24.1 Å². The zero-order valence-corrected chi connectivity index (χ0v) is 15.2. The minimum absolute atomic E-state index is 0.0572. The largest absolute Gasteiger partial charge is 0.466 e. The Labute approximate surface area is 153 Å². The van der Waals surface area contributed by atoms with Gasteiger partial charge in [-0.05, 0) is 18.9 Å². The van der Waals surface area contributed by atoms with E-state index in [-0.39, 0.29) is 25.2 Å². The second kappa shape index (κ2) is 11.8. The first-order valence-electron chi connectivity index (χ1n) is 8.67. The van der Waals surface area contributed by atoms with Crippen LogP contribution in [0.25, 0.3) is 0 Å². The average Bonchev–Trinajstić information content (AvgIpc) is 2.62. The van der Waals surface area contributed by atoms with Crippen molar-refractivity contribution in [2.24, 2.45) is 0 Å². The molecule has 1 atom stereocenters. The van der Waals surface area contributed by atoms with Crippen LogP contribution < -0.4 is 5.32 Å². The summed E-state index contributed by atoms with van der Waals surface area (Å²) >= 11 is 0. The number of carbonyl (C=O) groups is 4. The van der Waals surface area contributed by atoms with Crippen LogP contribution in [0.3, 0.4) is 0 Å². The van der Waals surface area contributed by atoms with Crippen molar-refractivity contribution in [3.05, 3.63) is 35.4 Å². The number of esters is 1. The Hall–Kier alpha value is -2.70. The third-order valence-electron chi connectivity index (χ3n) is 3.60. The molecule has 0 fully saturated rings. The van der Waals surface area contributed by atoms with Crippen LogP contribution in [-0.2, 0) is 19.1 Å². The molecule has 0 saturated heterocycles. The van der Waals surface area contributed by atoms with E-state index in [0.29, 0.717) is 24.0 Å². The van der Waals surface area contributed by atoms with E-state index in [9.17, 15) is 19.2 Å². The molecule has 0 aliphatic rings. The first-order valence-corrected chi connectivity index (χ1v) is 8.67. The number of carbonyl (C=O) groups excluding carboxylic acids is 4. The summed E-state index contributed by atoms with van der Waals surface area (Å²) in [5, 5.41) is 2.65. The van der Waals surface area contributed by atoms with Crippen molar-refractivity contribution in [2.45, 2.75) is 45.6 Å². The molecule has 0 aliphatic heterocycles. The SMILES string of the molecule is CCCCOC(=O)NC(CC(=O)OCC)c1ccc(C(=O)CC=O)cc1. The molecule has 1 rings (SSSR count). The zero-order valence-electron chi connectivity index (χ0n) is 15.2. The molecule has 0 bridgehead atoms. The highest BCUT2D eigenvalue weighted by atomic mass is 16.5. The summed E-state index contributed by atoms with van der Waals surface area (Å²) in [6.07, 6.45) is 1.34. The molecule has 142 valence electrons. The van der Waals surface area contributed by atoms with Crippen molar-refractivity contribution in [3.8, 4) is 0 Å². The molecule has 1 amide bonds. The number of hydrogen-bond acceptors (Lipinski definition) is 6. The van der Waals surface area contributed by atoms with Gasteiger partial charge < -0.3 is 19.6 Å². The standard InChI is InChI=1S/C19H25NO6/c1-3-5-12-26-19(24)20-16(13-18(23)25-4-2)14-6-8-15(9-7-14)17(22)10-11-21/h6-9,11,16H,3-5,10,12-13H2,1-2H3,(H,20,24). The Kier molecular flexibility index (Phi) is 9.67. The maximum atomic E-state index is 11.9. The average molecular weight is 363 g/mol. The summed E-state index contributed by atoms with van der Waals surface area (Å²) in [7, 11) is 0. The van der Waals surface area contributed by atoms with Gasteiger partial charge in [0.15, 0.2) is 5.78 Å². The van der Waals surface area contributed by atoms with Crippen LogP contribution in [0.5, 0.6) is 0 Å². The predicted octanol–water partition coefficient (Wildman–Crippen LogP) is 2.98. The summed E-state index contributed by atoms with van der Waals surface area (Å²) in [5.74, 6) is -0.743. The number of nitrogens with one attached hydrogen (secondary N) is 1. The molecule has 7 heteroatoms. The normalized spacial score (nSPS) is 11.3. The summed E-state index contributed by atoms with van der Waals surface area (Å²) in [6.45, 7) is 4.23. The van der Waals surface area contributed by atoms with Gasteiger partial charge in [-0.1, -0.05) is 37.6 Å². The van der Waals surface area contributed by atoms with Gasteiger partial charge in [0, 0.05) is 5.56 Å². The molecule has 26 heavy (non-hydrogen) atoms. The van der Waals surface area contributed by atoms with Crippen molar-refractivity contribution in [2.75, 3.05) is 13.2 Å². The van der Waals surface area contributed by atoms with Gasteiger partial charge >= 0.3 is 12.1 Å². The first-order chi connectivity index (χ1) is 12.5. The van der Waals surface area contributed by atoms with Crippen LogP contribution >= 0.6 is 0 Å². The highest BCUT2D eigenvalue weighted by Gasteiger charge is 2.20. The molecule has 0 spiro atoms. The molecule has 7 nitrogen and oxygen atoms in total. The maximum absolute atomic E-state index is 11.9. The van der Waals surface area contributed by atoms with Gasteiger partial charge in [0.2, 0.25) is 0 Å². The van der Waals surface area contributed by atoms with Gasteiger partial charge in [-0.25, -0.2) is 4.79 Å². The van der Waals surface area contributed by atoms with Gasteiger partial charge in [-0.15, -0.1) is 0 Å². The number of unbranched alkanes of at least 4 members (excludes halogenated alkanes) is 1. The number of ketones is 1. The second-order valence-electron chi connectivity index (χ2n) is 5.61. The van der Waals surface area contributed by atoms with E-state index in [0.717, 1.165) is 12.8 Å². The number of benzene rings is 1. The molecule has 0 aromatic heterocycles. The molecule has 1 unspecified atom stereocenters. The molecular weight excluding hydrogens is 338 g/mol. The Balaban J connectivity index is 2.85. The molecule has 0 radical (unpaired) electrons. The van der Waals surface area contributed by atoms with Crippen LogP contribution in [-0.4, -0.2) is 37.3 Å². The Bertz CT molecular complexity index is 611. The van der Waals surface area contributed by atoms with E-state index in [1.165, 1.54) is 0 Å². The number of amides is 1. The van der Waals surface area contributed by atoms with E-state index in [2.05, 4.69) is 5.32 Å². The Morgan fingerprint density at radius 1 is 1.12 bits per heavy atom. The van der Waals surface area contributed by atoms with E-state index in [4.69, 9.17) is 9.47 Å². The summed E-state index contributed by atoms with van der Waals surface area (Å²) in [6, 6.07) is 5.74. The van der Waals surface area contributed by atoms with Gasteiger partial charge in [0.05, 0.1) is 32.1 Å². The fraction of sp³-hybridized carbons (Fsp3) is 0.474. The van der Waals surface area contributed by atoms with Crippen LogP contribution in [0.1, 0.15) is 61.5 Å². The van der Waals surface area contributed by atoms with Crippen molar-refractivity contribution in [1.29, 1.82) is 0 Å². The van der Waals surface area contributed by atoms with E-state index < -0.39 is 18.1 Å². The van der Waals surface area contributed by atoms with Crippen LogP contribution in [0.15, 0.2) is 24.3 Å². The molecule has 0 saturated carbocycles. The van der Waals surface area contributed by atoms with E-state index in [1.807, 2.05) is 6.92 Å². The Morgan fingerprint density at radius 2 is 1.81 bits per heavy atom. The van der Waals surface area contributed by atoms with Crippen LogP contribution in [0.2, 0.25) is 0 Å². The molecule has 0 heterocycles. The van der Waals surface area contributed by atoms with Crippen LogP contribution in [0, 0.1) is 0 Å². The van der Waals surface area contributed by atoms with E-state index in [1.54, 1.807) is 31.2 Å². The topological polar surface area (TPSA) is 98.8 Å². The minimum atomic E-state index is -0.640. The summed E-state index contributed by atoms with van der Waals surface area (Å²) < 4.78 is 10.0. The van der Waals surface area contributed by atoms with Crippen molar-refractivity contribution in [1.82, 2.24) is 5.32 Å². The molecule has 1 aromatic carbocycles. The number of Topliss-reactive ketones (excluding diaryl/α,β-unsaturated/α-hetero) is 1. The van der Waals surface area contributed by atoms with Gasteiger partial charge in [-0.2, -0.15) is 0 Å².